The van der Waals surface area contributed by atoms with Crippen LogP contribution in [0.4, 0.5) is 5.69 Å². The first kappa shape index (κ1) is 13.3. The number of nitrogens with zero attached hydrogens (tertiary/aromatic N) is 4. The summed E-state index contributed by atoms with van der Waals surface area (Å²) in [6.07, 6.45) is 7.58. The largest absolute Gasteiger partial charge is 0.367 e. The van der Waals surface area contributed by atoms with Crippen LogP contribution in [0.2, 0.25) is 0 Å². The van der Waals surface area contributed by atoms with Crippen molar-refractivity contribution in [3.05, 3.63) is 54.9 Å². The van der Waals surface area contributed by atoms with Gasteiger partial charge in [-0.2, -0.15) is 0 Å². The molecule has 1 N–H and O–H groups in total. The number of anilines is 1. The molecule has 0 radical (unpaired) electrons. The second-order valence-electron chi connectivity index (χ2n) is 5.72. The molecule has 5 heteroatoms. The highest BCUT2D eigenvalue weighted by Gasteiger charge is 2.19. The van der Waals surface area contributed by atoms with E-state index in [0.29, 0.717) is 0 Å². The van der Waals surface area contributed by atoms with E-state index in [1.54, 1.807) is 6.33 Å². The molecule has 1 aromatic carbocycles. The highest BCUT2D eigenvalue weighted by Crippen LogP contribution is 2.26. The topological polar surface area (TPSA) is 48.0 Å². The monoisotopic (exact) mass is 293 g/mol. The minimum Gasteiger partial charge on any atom is -0.367 e. The summed E-state index contributed by atoms with van der Waals surface area (Å²) in [6.45, 7) is 5.12. The van der Waals surface area contributed by atoms with E-state index >= 15 is 0 Å². The van der Waals surface area contributed by atoms with Gasteiger partial charge in [0.2, 0.25) is 0 Å². The van der Waals surface area contributed by atoms with E-state index in [0.717, 1.165) is 32.7 Å². The average Bonchev–Trinajstić information content (AvgIpc) is 3.08. The summed E-state index contributed by atoms with van der Waals surface area (Å²) < 4.78 is 0. The number of piperazine rings is 1. The van der Waals surface area contributed by atoms with Gasteiger partial charge in [-0.1, -0.05) is 24.3 Å². The maximum absolute atomic E-state index is 4.40. The zero-order valence-electron chi connectivity index (χ0n) is 12.4. The zero-order chi connectivity index (χ0) is 14.8. The van der Waals surface area contributed by atoms with Gasteiger partial charge >= 0.3 is 0 Å². The van der Waals surface area contributed by atoms with Crippen molar-refractivity contribution >= 4 is 16.5 Å². The van der Waals surface area contributed by atoms with Crippen LogP contribution in [-0.2, 0) is 6.54 Å². The molecule has 0 spiro atoms. The summed E-state index contributed by atoms with van der Waals surface area (Å²) in [4.78, 5) is 16.6. The average molecular weight is 293 g/mol. The van der Waals surface area contributed by atoms with Crippen LogP contribution < -0.4 is 4.90 Å². The SMILES string of the molecule is c1ccc2c(N3CCN(Cc4cnc[nH]4)CC3)cncc2c1. The fourth-order valence-corrected chi connectivity index (χ4v) is 3.11. The second-order valence-corrected chi connectivity index (χ2v) is 5.72. The Bertz CT molecular complexity index is 739. The van der Waals surface area contributed by atoms with E-state index in [9.17, 15) is 0 Å². The molecular weight excluding hydrogens is 274 g/mol. The molecule has 0 unspecified atom stereocenters. The van der Waals surface area contributed by atoms with Crippen molar-refractivity contribution in [2.75, 3.05) is 31.1 Å². The highest BCUT2D eigenvalue weighted by atomic mass is 15.3. The number of hydrogen-bond acceptors (Lipinski definition) is 4. The summed E-state index contributed by atoms with van der Waals surface area (Å²) >= 11 is 0. The molecule has 1 saturated heterocycles. The molecule has 3 aromatic rings. The zero-order valence-corrected chi connectivity index (χ0v) is 12.4. The van der Waals surface area contributed by atoms with Gasteiger partial charge in [0.1, 0.15) is 0 Å². The number of aromatic amines is 1. The lowest BCUT2D eigenvalue weighted by molar-refractivity contribution is 0.247. The number of imidazole rings is 1. The molecule has 0 aliphatic carbocycles. The van der Waals surface area contributed by atoms with E-state index in [-0.39, 0.29) is 0 Å². The van der Waals surface area contributed by atoms with Crippen LogP contribution in [0.5, 0.6) is 0 Å². The molecule has 112 valence electrons. The molecular formula is C17H19N5. The van der Waals surface area contributed by atoms with Gasteiger partial charge in [0, 0.05) is 61.6 Å². The number of rotatable bonds is 3. The van der Waals surface area contributed by atoms with Crippen molar-refractivity contribution in [1.82, 2.24) is 19.9 Å². The molecule has 1 fully saturated rings. The Balaban J connectivity index is 1.49. The molecule has 3 heterocycles. The normalized spacial score (nSPS) is 16.3. The van der Waals surface area contributed by atoms with Crippen LogP contribution in [-0.4, -0.2) is 46.0 Å². The van der Waals surface area contributed by atoms with Crippen LogP contribution in [0.15, 0.2) is 49.2 Å². The number of hydrogen-bond donors (Lipinski definition) is 1. The molecule has 5 nitrogen and oxygen atoms in total. The highest BCUT2D eigenvalue weighted by molar-refractivity contribution is 5.93. The molecule has 4 rings (SSSR count). The van der Waals surface area contributed by atoms with Crippen LogP contribution >= 0.6 is 0 Å². The summed E-state index contributed by atoms with van der Waals surface area (Å²) in [5, 5.41) is 2.50. The van der Waals surface area contributed by atoms with Gasteiger partial charge in [-0.25, -0.2) is 4.98 Å². The van der Waals surface area contributed by atoms with Crippen LogP contribution in [0.3, 0.4) is 0 Å². The predicted octanol–water partition coefficient (Wildman–Crippen LogP) is 2.28. The number of pyridine rings is 1. The number of nitrogens with one attached hydrogen (secondary N) is 1. The van der Waals surface area contributed by atoms with Crippen molar-refractivity contribution < 1.29 is 0 Å². The summed E-state index contributed by atoms with van der Waals surface area (Å²) in [6, 6.07) is 8.47. The molecule has 0 atom stereocenters. The van der Waals surface area contributed by atoms with Gasteiger partial charge in [-0.15, -0.1) is 0 Å². The number of H-pyrrole nitrogens is 1. The van der Waals surface area contributed by atoms with E-state index < -0.39 is 0 Å². The van der Waals surface area contributed by atoms with Crippen molar-refractivity contribution in [2.45, 2.75) is 6.54 Å². The molecule has 22 heavy (non-hydrogen) atoms. The van der Waals surface area contributed by atoms with Crippen molar-refractivity contribution in [3.63, 3.8) is 0 Å². The van der Waals surface area contributed by atoms with E-state index in [2.05, 4.69) is 49.0 Å². The van der Waals surface area contributed by atoms with Gasteiger partial charge in [0.05, 0.1) is 18.2 Å². The summed E-state index contributed by atoms with van der Waals surface area (Å²) in [5.41, 5.74) is 2.43. The van der Waals surface area contributed by atoms with E-state index in [4.69, 9.17) is 0 Å². The lowest BCUT2D eigenvalue weighted by Gasteiger charge is -2.36. The van der Waals surface area contributed by atoms with Gasteiger partial charge in [0.15, 0.2) is 0 Å². The minimum absolute atomic E-state index is 0.946. The van der Waals surface area contributed by atoms with E-state index in [1.807, 2.05) is 18.6 Å². The Labute approximate surface area is 129 Å². The number of fused-ring (bicyclic) bond motifs is 1. The Morgan fingerprint density at radius 1 is 0.955 bits per heavy atom. The van der Waals surface area contributed by atoms with Crippen molar-refractivity contribution in [2.24, 2.45) is 0 Å². The van der Waals surface area contributed by atoms with Crippen molar-refractivity contribution in [3.8, 4) is 0 Å². The summed E-state index contributed by atoms with van der Waals surface area (Å²) in [7, 11) is 0. The fourth-order valence-electron chi connectivity index (χ4n) is 3.11. The minimum atomic E-state index is 0.946. The van der Waals surface area contributed by atoms with Crippen molar-refractivity contribution in [1.29, 1.82) is 0 Å². The van der Waals surface area contributed by atoms with Gasteiger partial charge in [0.25, 0.3) is 0 Å². The molecule has 1 aliphatic rings. The first-order chi connectivity index (χ1) is 10.9. The Kier molecular flexibility index (Phi) is 3.48. The van der Waals surface area contributed by atoms with E-state index in [1.165, 1.54) is 22.2 Å². The first-order valence-electron chi connectivity index (χ1n) is 7.67. The second kappa shape index (κ2) is 5.77. The summed E-state index contributed by atoms with van der Waals surface area (Å²) in [5.74, 6) is 0. The molecule has 0 saturated carbocycles. The quantitative estimate of drug-likeness (QED) is 0.805. The van der Waals surface area contributed by atoms with Gasteiger partial charge in [-0.05, 0) is 0 Å². The molecule has 2 aromatic heterocycles. The molecule has 1 aliphatic heterocycles. The maximum Gasteiger partial charge on any atom is 0.0922 e. The maximum atomic E-state index is 4.40. The predicted molar refractivity (Wildman–Crippen MR) is 87.8 cm³/mol. The third-order valence-corrected chi connectivity index (χ3v) is 4.31. The van der Waals surface area contributed by atoms with Gasteiger partial charge < -0.3 is 9.88 Å². The van der Waals surface area contributed by atoms with Crippen LogP contribution in [0, 0.1) is 0 Å². The Morgan fingerprint density at radius 3 is 2.64 bits per heavy atom. The fraction of sp³-hybridized carbons (Fsp3) is 0.294. The Hall–Kier alpha value is -2.40. The lowest BCUT2D eigenvalue weighted by atomic mass is 10.1. The lowest BCUT2D eigenvalue weighted by Crippen LogP contribution is -2.46. The first-order valence-corrected chi connectivity index (χ1v) is 7.67. The standard InChI is InChI=1S/C17H19N5/c1-2-4-16-14(3-1)9-18-11-17(16)22-7-5-21(6-8-22)12-15-10-19-13-20-15/h1-4,9-11,13H,5-8,12H2,(H,19,20). The molecule has 0 bridgehead atoms. The van der Waals surface area contributed by atoms with Crippen LogP contribution in [0.25, 0.3) is 10.8 Å². The smallest absolute Gasteiger partial charge is 0.0922 e. The third kappa shape index (κ3) is 2.55. The van der Waals surface area contributed by atoms with Gasteiger partial charge in [-0.3, -0.25) is 9.88 Å². The number of benzene rings is 1. The third-order valence-electron chi connectivity index (χ3n) is 4.31. The van der Waals surface area contributed by atoms with Crippen LogP contribution in [0.1, 0.15) is 5.69 Å². The number of aromatic nitrogens is 3. The Morgan fingerprint density at radius 2 is 1.82 bits per heavy atom. The molecule has 0 amide bonds.